The highest BCUT2D eigenvalue weighted by molar-refractivity contribution is 9.10. The highest BCUT2D eigenvalue weighted by Gasteiger charge is 2.18. The standard InChI is InChI=1S/C7H3BrClNO4/c8-5-2-3(10(13)14)1-4(6(5)9)7(11)12/h1-2H,(H,11,12). The lowest BCUT2D eigenvalue weighted by atomic mass is 10.2. The van der Waals surface area contributed by atoms with Gasteiger partial charge < -0.3 is 5.11 Å². The Balaban J connectivity index is 3.43. The summed E-state index contributed by atoms with van der Waals surface area (Å²) in [5, 5.41) is 19.0. The third-order valence-corrected chi connectivity index (χ3v) is 2.72. The van der Waals surface area contributed by atoms with Gasteiger partial charge in [-0.25, -0.2) is 4.79 Å². The topological polar surface area (TPSA) is 80.4 Å². The fraction of sp³-hybridized carbons (Fsp3) is 0. The Morgan fingerprint density at radius 1 is 1.57 bits per heavy atom. The number of benzene rings is 1. The lowest BCUT2D eigenvalue weighted by Gasteiger charge is -2.00. The number of nitrogens with zero attached hydrogens (tertiary/aromatic N) is 1. The maximum atomic E-state index is 10.6. The van der Waals surface area contributed by atoms with Crippen molar-refractivity contribution in [2.75, 3.05) is 0 Å². The molecule has 0 saturated heterocycles. The molecule has 1 aromatic rings. The van der Waals surface area contributed by atoms with Crippen LogP contribution in [0.25, 0.3) is 0 Å². The molecule has 1 N–H and O–H groups in total. The number of hydrogen-bond donors (Lipinski definition) is 1. The van der Waals surface area contributed by atoms with Gasteiger partial charge in [0.25, 0.3) is 5.69 Å². The van der Waals surface area contributed by atoms with Crippen molar-refractivity contribution < 1.29 is 14.8 Å². The summed E-state index contributed by atoms with van der Waals surface area (Å²) < 4.78 is 0.186. The fourth-order valence-corrected chi connectivity index (χ4v) is 1.47. The summed E-state index contributed by atoms with van der Waals surface area (Å²) in [6.45, 7) is 0. The fourth-order valence-electron chi connectivity index (χ4n) is 0.836. The van der Waals surface area contributed by atoms with E-state index < -0.39 is 10.9 Å². The van der Waals surface area contributed by atoms with Gasteiger partial charge >= 0.3 is 5.97 Å². The van der Waals surface area contributed by atoms with Crippen LogP contribution in [-0.2, 0) is 0 Å². The summed E-state index contributed by atoms with van der Waals surface area (Å²) in [5.41, 5.74) is -0.619. The van der Waals surface area contributed by atoms with Crippen LogP contribution in [0.4, 0.5) is 5.69 Å². The monoisotopic (exact) mass is 279 g/mol. The molecule has 0 spiro atoms. The molecule has 0 amide bonds. The van der Waals surface area contributed by atoms with Crippen LogP contribution in [-0.4, -0.2) is 16.0 Å². The molecule has 0 aliphatic heterocycles. The molecule has 5 nitrogen and oxygen atoms in total. The van der Waals surface area contributed by atoms with Crippen molar-refractivity contribution in [1.82, 2.24) is 0 Å². The second-order valence-corrected chi connectivity index (χ2v) is 3.58. The molecule has 1 aromatic carbocycles. The van der Waals surface area contributed by atoms with Crippen molar-refractivity contribution >= 4 is 39.2 Å². The molecule has 0 saturated carbocycles. The third-order valence-electron chi connectivity index (χ3n) is 1.45. The molecular weight excluding hydrogens is 277 g/mol. The average Bonchev–Trinajstić information content (AvgIpc) is 2.08. The molecule has 0 aliphatic carbocycles. The van der Waals surface area contributed by atoms with E-state index in [1.165, 1.54) is 0 Å². The first-order valence-electron chi connectivity index (χ1n) is 3.30. The Bertz CT molecular complexity index is 420. The van der Waals surface area contributed by atoms with Gasteiger partial charge in [0.2, 0.25) is 0 Å². The van der Waals surface area contributed by atoms with Gasteiger partial charge in [-0.05, 0) is 15.9 Å². The van der Waals surface area contributed by atoms with Crippen LogP contribution >= 0.6 is 27.5 Å². The number of halogens is 2. The Labute approximate surface area is 91.6 Å². The van der Waals surface area contributed by atoms with Gasteiger partial charge in [0.15, 0.2) is 0 Å². The smallest absolute Gasteiger partial charge is 0.337 e. The minimum absolute atomic E-state index is 0.0527. The molecule has 0 aromatic heterocycles. The summed E-state index contributed by atoms with van der Waals surface area (Å²) in [7, 11) is 0. The molecule has 0 heterocycles. The molecule has 0 fully saturated rings. The second-order valence-electron chi connectivity index (χ2n) is 2.35. The summed E-state index contributed by atoms with van der Waals surface area (Å²) in [6, 6.07) is 2.06. The first-order valence-corrected chi connectivity index (χ1v) is 4.47. The summed E-state index contributed by atoms with van der Waals surface area (Å²) in [4.78, 5) is 20.3. The third kappa shape index (κ3) is 2.02. The number of non-ortho nitro benzene ring substituents is 1. The lowest BCUT2D eigenvalue weighted by Crippen LogP contribution is -2.00. The van der Waals surface area contributed by atoms with Crippen LogP contribution in [0.15, 0.2) is 16.6 Å². The Morgan fingerprint density at radius 3 is 2.57 bits per heavy atom. The number of hydrogen-bond acceptors (Lipinski definition) is 3. The van der Waals surface area contributed by atoms with Crippen molar-refractivity contribution in [1.29, 1.82) is 0 Å². The molecule has 0 unspecified atom stereocenters. The zero-order valence-corrected chi connectivity index (χ0v) is 8.87. The molecule has 14 heavy (non-hydrogen) atoms. The number of nitro benzene ring substituents is 1. The molecule has 0 atom stereocenters. The van der Waals surface area contributed by atoms with Crippen LogP contribution in [0.3, 0.4) is 0 Å². The maximum Gasteiger partial charge on any atom is 0.337 e. The normalized spacial score (nSPS) is 9.86. The van der Waals surface area contributed by atoms with E-state index in [4.69, 9.17) is 16.7 Å². The van der Waals surface area contributed by atoms with Crippen molar-refractivity contribution in [3.8, 4) is 0 Å². The highest BCUT2D eigenvalue weighted by atomic mass is 79.9. The van der Waals surface area contributed by atoms with Gasteiger partial charge in [0.1, 0.15) is 0 Å². The van der Waals surface area contributed by atoms with Crippen LogP contribution in [0.2, 0.25) is 5.02 Å². The first kappa shape index (κ1) is 10.9. The van der Waals surface area contributed by atoms with E-state index in [1.807, 2.05) is 0 Å². The van der Waals surface area contributed by atoms with E-state index >= 15 is 0 Å². The van der Waals surface area contributed by atoms with Crippen molar-refractivity contribution in [3.63, 3.8) is 0 Å². The molecule has 0 aliphatic rings. The zero-order valence-electron chi connectivity index (χ0n) is 6.53. The van der Waals surface area contributed by atoms with Crippen LogP contribution < -0.4 is 0 Å². The van der Waals surface area contributed by atoms with Gasteiger partial charge in [0.05, 0.1) is 15.5 Å². The molecule has 0 bridgehead atoms. The van der Waals surface area contributed by atoms with Crippen LogP contribution in [0, 0.1) is 10.1 Å². The number of rotatable bonds is 2. The molecular formula is C7H3BrClNO4. The Morgan fingerprint density at radius 2 is 2.14 bits per heavy atom. The summed E-state index contributed by atoms with van der Waals surface area (Å²) in [5.74, 6) is -1.31. The number of carbonyl (C=O) groups is 1. The predicted octanol–water partition coefficient (Wildman–Crippen LogP) is 2.71. The highest BCUT2D eigenvalue weighted by Crippen LogP contribution is 2.30. The predicted molar refractivity (Wildman–Crippen MR) is 52.8 cm³/mol. The maximum absolute atomic E-state index is 10.6. The van der Waals surface area contributed by atoms with E-state index in [0.717, 1.165) is 12.1 Å². The van der Waals surface area contributed by atoms with Gasteiger partial charge in [-0.3, -0.25) is 10.1 Å². The second kappa shape index (κ2) is 3.93. The van der Waals surface area contributed by atoms with E-state index in [1.54, 1.807) is 0 Å². The molecule has 1 rings (SSSR count). The van der Waals surface area contributed by atoms with E-state index in [2.05, 4.69) is 15.9 Å². The number of carboxylic acids is 1. The first-order chi connectivity index (χ1) is 6.43. The van der Waals surface area contributed by atoms with Crippen molar-refractivity contribution in [2.45, 2.75) is 0 Å². The van der Waals surface area contributed by atoms with E-state index in [-0.39, 0.29) is 20.7 Å². The van der Waals surface area contributed by atoms with E-state index in [9.17, 15) is 14.9 Å². The number of aromatic carboxylic acids is 1. The quantitative estimate of drug-likeness (QED) is 0.667. The van der Waals surface area contributed by atoms with Crippen LogP contribution in [0.5, 0.6) is 0 Å². The van der Waals surface area contributed by atoms with E-state index in [0.29, 0.717) is 0 Å². The van der Waals surface area contributed by atoms with Crippen molar-refractivity contribution in [3.05, 3.63) is 37.3 Å². The zero-order chi connectivity index (χ0) is 10.9. The average molecular weight is 280 g/mol. The van der Waals surface area contributed by atoms with Gasteiger partial charge in [-0.1, -0.05) is 11.6 Å². The van der Waals surface area contributed by atoms with Gasteiger partial charge in [-0.2, -0.15) is 0 Å². The SMILES string of the molecule is O=C(O)c1cc([N+](=O)[O-])cc(Br)c1Cl. The summed E-state index contributed by atoms with van der Waals surface area (Å²) >= 11 is 8.55. The minimum Gasteiger partial charge on any atom is -0.478 e. The molecule has 0 radical (unpaired) electrons. The minimum atomic E-state index is -1.31. The van der Waals surface area contributed by atoms with Gasteiger partial charge in [0, 0.05) is 16.6 Å². The summed E-state index contributed by atoms with van der Waals surface area (Å²) in [6.07, 6.45) is 0. The van der Waals surface area contributed by atoms with Gasteiger partial charge in [-0.15, -0.1) is 0 Å². The Hall–Kier alpha value is -1.14. The van der Waals surface area contributed by atoms with Crippen molar-refractivity contribution in [2.24, 2.45) is 0 Å². The molecule has 74 valence electrons. The van der Waals surface area contributed by atoms with Crippen LogP contribution in [0.1, 0.15) is 10.4 Å². The number of carboxylic acid groups (broad SMARTS) is 1. The largest absolute Gasteiger partial charge is 0.478 e. The Kier molecular flexibility index (Phi) is 3.07. The lowest BCUT2D eigenvalue weighted by molar-refractivity contribution is -0.385. The number of nitro groups is 1. The molecule has 7 heteroatoms.